The zero-order chi connectivity index (χ0) is 22.9. The molecule has 32 heavy (non-hydrogen) atoms. The van der Waals surface area contributed by atoms with E-state index >= 15 is 0 Å². The molecule has 10 heteroatoms. The average Bonchev–Trinajstić information content (AvgIpc) is 3.09. The number of halogens is 3. The summed E-state index contributed by atoms with van der Waals surface area (Å²) in [5, 5.41) is 4.28. The Labute approximate surface area is 184 Å². The first kappa shape index (κ1) is 22.1. The van der Waals surface area contributed by atoms with Crippen molar-refractivity contribution >= 4 is 22.3 Å². The molecule has 4 rings (SSSR count). The predicted octanol–water partition coefficient (Wildman–Crippen LogP) is 4.25. The first-order valence-electron chi connectivity index (χ1n) is 9.66. The molecule has 2 aromatic carbocycles. The van der Waals surface area contributed by atoms with E-state index in [9.17, 15) is 21.9 Å². The number of aromatic nitrogens is 3. The van der Waals surface area contributed by atoms with Crippen LogP contribution in [0.5, 0.6) is 0 Å². The molecule has 0 bridgehead atoms. The minimum absolute atomic E-state index is 0.0479. The van der Waals surface area contributed by atoms with Crippen LogP contribution in [-0.4, -0.2) is 30.1 Å². The second-order valence-electron chi connectivity index (χ2n) is 7.17. The summed E-state index contributed by atoms with van der Waals surface area (Å²) in [5.41, 5.74) is 1.55. The highest BCUT2D eigenvalue weighted by molar-refractivity contribution is 7.77. The fourth-order valence-electron chi connectivity index (χ4n) is 3.58. The summed E-state index contributed by atoms with van der Waals surface area (Å²) >= 11 is -2.37. The van der Waals surface area contributed by atoms with Crippen LogP contribution in [0.25, 0.3) is 33.5 Å². The van der Waals surface area contributed by atoms with Crippen molar-refractivity contribution in [2.24, 2.45) is 7.05 Å². The third kappa shape index (κ3) is 4.57. The summed E-state index contributed by atoms with van der Waals surface area (Å²) in [4.78, 5) is 4.50. The van der Waals surface area contributed by atoms with E-state index in [1.54, 1.807) is 61.6 Å². The highest BCUT2D eigenvalue weighted by atomic mass is 32.2. The van der Waals surface area contributed by atoms with E-state index in [0.717, 1.165) is 11.6 Å². The van der Waals surface area contributed by atoms with Gasteiger partial charge in [0.05, 0.1) is 16.6 Å². The monoisotopic (exact) mass is 459 g/mol. The van der Waals surface area contributed by atoms with Gasteiger partial charge in [-0.3, -0.25) is 4.21 Å². The maximum Gasteiger partial charge on any atom is 0.417 e. The Hall–Kier alpha value is -3.08. The zero-order valence-corrected chi connectivity index (χ0v) is 17.7. The van der Waals surface area contributed by atoms with Gasteiger partial charge < -0.3 is 4.55 Å². The normalized spacial score (nSPS) is 12.9. The molecule has 0 aliphatic carbocycles. The van der Waals surface area contributed by atoms with Gasteiger partial charge in [-0.05, 0) is 24.1 Å². The summed E-state index contributed by atoms with van der Waals surface area (Å²) in [5.74, 6) is 0. The van der Waals surface area contributed by atoms with E-state index < -0.39 is 23.0 Å². The summed E-state index contributed by atoms with van der Waals surface area (Å²) in [6.07, 6.45) is -4.22. The van der Waals surface area contributed by atoms with Crippen molar-refractivity contribution in [2.75, 3.05) is 6.54 Å². The van der Waals surface area contributed by atoms with E-state index in [-0.39, 0.29) is 29.0 Å². The van der Waals surface area contributed by atoms with Gasteiger partial charge >= 0.3 is 6.18 Å². The predicted molar refractivity (Wildman–Crippen MR) is 115 cm³/mol. The zero-order valence-electron chi connectivity index (χ0n) is 16.9. The fraction of sp³-hybridized carbons (Fsp3) is 0.182. The Kier molecular flexibility index (Phi) is 6.09. The van der Waals surface area contributed by atoms with Crippen molar-refractivity contribution in [1.82, 2.24) is 19.5 Å². The second-order valence-corrected chi connectivity index (χ2v) is 7.93. The Morgan fingerprint density at radius 3 is 2.47 bits per heavy atom. The van der Waals surface area contributed by atoms with Crippen molar-refractivity contribution in [1.29, 1.82) is 0 Å². The van der Waals surface area contributed by atoms with Crippen LogP contribution in [0.3, 0.4) is 0 Å². The van der Waals surface area contributed by atoms with E-state index in [1.807, 2.05) is 0 Å². The van der Waals surface area contributed by atoms with Gasteiger partial charge in [0, 0.05) is 36.0 Å². The molecule has 0 radical (unpaired) electrons. The van der Waals surface area contributed by atoms with Crippen LogP contribution in [0.15, 0.2) is 60.7 Å². The molecule has 1 atom stereocenters. The number of benzene rings is 2. The van der Waals surface area contributed by atoms with Gasteiger partial charge in [0.2, 0.25) is 0 Å². The first-order valence-corrected chi connectivity index (χ1v) is 10.7. The highest BCUT2D eigenvalue weighted by Crippen LogP contribution is 2.40. The molecule has 6 nitrogen and oxygen atoms in total. The van der Waals surface area contributed by atoms with Crippen molar-refractivity contribution < 1.29 is 21.9 Å². The maximum absolute atomic E-state index is 14.1. The molecule has 0 aliphatic heterocycles. The quantitative estimate of drug-likeness (QED) is 0.437. The molecular formula is C22H18F3N4O2S-. The van der Waals surface area contributed by atoms with Crippen LogP contribution in [-0.2, 0) is 30.9 Å². The largest absolute Gasteiger partial charge is 0.760 e. The number of aryl methyl sites for hydroxylation is 1. The lowest BCUT2D eigenvalue weighted by Gasteiger charge is -2.13. The highest BCUT2D eigenvalue weighted by Gasteiger charge is 2.36. The lowest BCUT2D eigenvalue weighted by molar-refractivity contribution is -0.136. The van der Waals surface area contributed by atoms with Crippen LogP contribution in [0.1, 0.15) is 11.1 Å². The Bertz CT molecular complexity index is 1290. The van der Waals surface area contributed by atoms with E-state index in [4.69, 9.17) is 0 Å². The standard InChI is InChI=1S/C22H19F3N4O2S/c1-29-21-19(20(28-29)15-7-3-2-4-8-15)17(22(23,24)25)13-18(27-21)16-9-5-6-14(12-16)10-11-26-32(30)31/h2-9,12-13,26H,10-11H2,1H3,(H,30,31)/p-1. The van der Waals surface area contributed by atoms with Crippen molar-refractivity contribution in [3.05, 3.63) is 71.8 Å². The molecule has 0 aliphatic rings. The molecule has 0 amide bonds. The lowest BCUT2D eigenvalue weighted by atomic mass is 10.0. The fourth-order valence-corrected chi connectivity index (χ4v) is 3.85. The second kappa shape index (κ2) is 8.81. The number of alkyl halides is 3. The van der Waals surface area contributed by atoms with Gasteiger partial charge in [-0.15, -0.1) is 0 Å². The third-order valence-electron chi connectivity index (χ3n) is 5.00. The van der Waals surface area contributed by atoms with Crippen LogP contribution >= 0.6 is 0 Å². The third-order valence-corrected chi connectivity index (χ3v) is 5.44. The summed E-state index contributed by atoms with van der Waals surface area (Å²) in [6.45, 7) is 0.183. The molecule has 0 spiro atoms. The SMILES string of the molecule is Cn1nc(-c2ccccc2)c2c(C(F)(F)F)cc(-c3cccc(CCNS(=O)[O-])c3)nc21. The Morgan fingerprint density at radius 2 is 1.78 bits per heavy atom. The average molecular weight is 459 g/mol. The summed E-state index contributed by atoms with van der Waals surface area (Å²) in [6, 6.07) is 16.6. The molecule has 0 saturated heterocycles. The molecule has 2 aromatic heterocycles. The number of hydrogen-bond donors (Lipinski definition) is 1. The Morgan fingerprint density at radius 1 is 1.06 bits per heavy atom. The van der Waals surface area contributed by atoms with E-state index in [2.05, 4.69) is 14.8 Å². The Balaban J connectivity index is 1.85. The minimum Gasteiger partial charge on any atom is -0.760 e. The number of nitrogens with zero attached hydrogens (tertiary/aromatic N) is 3. The first-order chi connectivity index (χ1) is 15.2. The number of hydrogen-bond acceptors (Lipinski definition) is 4. The number of rotatable bonds is 6. The lowest BCUT2D eigenvalue weighted by Crippen LogP contribution is -2.19. The van der Waals surface area contributed by atoms with Crippen LogP contribution < -0.4 is 4.72 Å². The molecule has 1 N–H and O–H groups in total. The minimum atomic E-state index is -4.61. The van der Waals surface area contributed by atoms with Crippen LogP contribution in [0.2, 0.25) is 0 Å². The molecule has 4 aromatic rings. The van der Waals surface area contributed by atoms with E-state index in [1.165, 1.54) is 4.68 Å². The molecule has 2 heterocycles. The smallest absolute Gasteiger partial charge is 0.417 e. The van der Waals surface area contributed by atoms with Crippen LogP contribution in [0.4, 0.5) is 13.2 Å². The van der Waals surface area contributed by atoms with Crippen molar-refractivity contribution in [2.45, 2.75) is 12.6 Å². The van der Waals surface area contributed by atoms with Gasteiger partial charge in [0.15, 0.2) is 5.65 Å². The van der Waals surface area contributed by atoms with Crippen molar-refractivity contribution in [3.8, 4) is 22.5 Å². The van der Waals surface area contributed by atoms with Gasteiger partial charge in [-0.2, -0.15) is 18.3 Å². The molecule has 0 saturated carbocycles. The van der Waals surface area contributed by atoms with Gasteiger partial charge in [0.1, 0.15) is 5.69 Å². The van der Waals surface area contributed by atoms with Gasteiger partial charge in [0.25, 0.3) is 0 Å². The summed E-state index contributed by atoms with van der Waals surface area (Å²) < 4.78 is 67.2. The molecule has 166 valence electrons. The maximum atomic E-state index is 14.1. The number of pyridine rings is 1. The van der Waals surface area contributed by atoms with Crippen molar-refractivity contribution in [3.63, 3.8) is 0 Å². The topological polar surface area (TPSA) is 82.9 Å². The number of nitrogens with one attached hydrogen (secondary N) is 1. The summed E-state index contributed by atoms with van der Waals surface area (Å²) in [7, 11) is 1.57. The molecule has 0 fully saturated rings. The molecule has 1 unspecified atom stereocenters. The van der Waals surface area contributed by atoms with Gasteiger partial charge in [-0.1, -0.05) is 48.5 Å². The van der Waals surface area contributed by atoms with Crippen LogP contribution in [0, 0.1) is 0 Å². The molecular weight excluding hydrogens is 441 g/mol. The van der Waals surface area contributed by atoms with E-state index in [0.29, 0.717) is 17.5 Å². The van der Waals surface area contributed by atoms with Gasteiger partial charge in [-0.25, -0.2) is 14.4 Å². The number of fused-ring (bicyclic) bond motifs is 1.